The molecule has 7 rings (SSSR count). The molecule has 0 radical (unpaired) electrons. The van der Waals surface area contributed by atoms with Crippen LogP contribution in [-0.2, 0) is 11.3 Å². The maximum atomic E-state index is 14.0. The summed E-state index contributed by atoms with van der Waals surface area (Å²) in [6, 6.07) is 5.61. The highest BCUT2D eigenvalue weighted by Crippen LogP contribution is 2.69. The number of carbonyl (C=O) groups is 2. The van der Waals surface area contributed by atoms with Crippen molar-refractivity contribution in [2.75, 3.05) is 13.1 Å². The van der Waals surface area contributed by atoms with E-state index in [0.29, 0.717) is 36.7 Å². The third-order valence-corrected chi connectivity index (χ3v) is 8.80. The minimum atomic E-state index is -0.854. The quantitative estimate of drug-likeness (QED) is 0.660. The lowest BCUT2D eigenvalue weighted by Crippen LogP contribution is -2.68. The number of rotatable bonds is 7. The molecule has 1 aromatic rings. The van der Waals surface area contributed by atoms with Crippen LogP contribution in [0.3, 0.4) is 0 Å². The van der Waals surface area contributed by atoms with Gasteiger partial charge in [-0.05, 0) is 87.1 Å². The number of hydrogen-bond donors (Lipinski definition) is 1. The van der Waals surface area contributed by atoms with Crippen LogP contribution in [0.4, 0.5) is 4.39 Å². The molecule has 6 nitrogen and oxygen atoms in total. The van der Waals surface area contributed by atoms with E-state index in [0.717, 1.165) is 62.9 Å². The van der Waals surface area contributed by atoms with Crippen LogP contribution in [0.1, 0.15) is 74.2 Å². The van der Waals surface area contributed by atoms with Gasteiger partial charge in [0.25, 0.3) is 5.91 Å². The van der Waals surface area contributed by atoms with E-state index in [1.807, 2.05) is 18.2 Å². The first-order chi connectivity index (χ1) is 16.3. The molecule has 1 N–H and O–H groups in total. The van der Waals surface area contributed by atoms with Crippen molar-refractivity contribution in [1.29, 1.82) is 0 Å². The molecule has 2 heterocycles. The van der Waals surface area contributed by atoms with Gasteiger partial charge in [0, 0.05) is 30.4 Å². The zero-order valence-corrected chi connectivity index (χ0v) is 19.9. The summed E-state index contributed by atoms with van der Waals surface area (Å²) in [6.07, 6.45) is 6.85. The summed E-state index contributed by atoms with van der Waals surface area (Å²) in [7, 11) is 0. The predicted octanol–water partition coefficient (Wildman–Crippen LogP) is 3.95. The number of nitrogens with one attached hydrogen (secondary N) is 1. The van der Waals surface area contributed by atoms with Gasteiger partial charge in [0.1, 0.15) is 23.6 Å². The third kappa shape index (κ3) is 3.55. The number of carbonyl (C=O) groups excluding carboxylic acids is 2. The number of alkyl halides is 1. The first kappa shape index (κ1) is 22.1. The normalized spacial score (nSPS) is 36.3. The van der Waals surface area contributed by atoms with Crippen LogP contribution < -0.4 is 10.1 Å². The molecule has 4 aliphatic carbocycles. The van der Waals surface area contributed by atoms with Gasteiger partial charge in [-0.1, -0.05) is 13.5 Å². The van der Waals surface area contributed by atoms with Gasteiger partial charge in [0.2, 0.25) is 5.91 Å². The number of halogens is 1. The molecule has 6 aliphatic rings. The van der Waals surface area contributed by atoms with Crippen molar-refractivity contribution in [2.24, 2.45) is 5.41 Å². The van der Waals surface area contributed by atoms with Crippen molar-refractivity contribution < 1.29 is 18.7 Å². The lowest BCUT2D eigenvalue weighted by atomic mass is 9.42. The van der Waals surface area contributed by atoms with E-state index in [2.05, 4.69) is 23.7 Å². The monoisotopic (exact) mass is 467 g/mol. The summed E-state index contributed by atoms with van der Waals surface area (Å²) in [4.78, 5) is 29.6. The minimum Gasteiger partial charge on any atom is -0.489 e. The average Bonchev–Trinajstić information content (AvgIpc) is 3.34. The molecular weight excluding hydrogens is 433 g/mol. The van der Waals surface area contributed by atoms with Crippen molar-refractivity contribution in [3.05, 3.63) is 41.6 Å². The Labute approximate surface area is 200 Å². The van der Waals surface area contributed by atoms with Crippen molar-refractivity contribution >= 4 is 11.8 Å². The van der Waals surface area contributed by atoms with Gasteiger partial charge in [-0.3, -0.25) is 14.5 Å². The molecule has 3 atom stereocenters. The zero-order chi connectivity index (χ0) is 23.7. The van der Waals surface area contributed by atoms with Crippen molar-refractivity contribution in [2.45, 2.75) is 88.7 Å². The Morgan fingerprint density at radius 2 is 2.03 bits per heavy atom. The molecule has 182 valence electrons. The number of ether oxygens (including phenoxy) is 1. The van der Waals surface area contributed by atoms with Crippen LogP contribution in [0, 0.1) is 5.41 Å². The Morgan fingerprint density at radius 1 is 1.24 bits per heavy atom. The number of allylic oxidation sites excluding steroid dienone is 1. The second-order valence-corrected chi connectivity index (χ2v) is 11.3. The highest BCUT2D eigenvalue weighted by molar-refractivity contribution is 6.01. The van der Waals surface area contributed by atoms with E-state index in [9.17, 15) is 14.0 Å². The molecule has 5 fully saturated rings. The molecule has 7 heteroatoms. The van der Waals surface area contributed by atoms with Crippen LogP contribution in [0.15, 0.2) is 30.5 Å². The molecule has 0 aromatic heterocycles. The Kier molecular flexibility index (Phi) is 5.07. The van der Waals surface area contributed by atoms with Gasteiger partial charge in [-0.15, -0.1) is 0 Å². The number of likely N-dealkylation sites (N-methyl/N-ethyl adjacent to an activating group) is 1. The van der Waals surface area contributed by atoms with Crippen LogP contribution in [0.25, 0.3) is 0 Å². The van der Waals surface area contributed by atoms with Gasteiger partial charge >= 0.3 is 0 Å². The van der Waals surface area contributed by atoms with E-state index in [4.69, 9.17) is 4.74 Å². The minimum absolute atomic E-state index is 0.0886. The van der Waals surface area contributed by atoms with E-state index in [-0.39, 0.29) is 23.3 Å². The molecule has 2 amide bonds. The maximum Gasteiger partial charge on any atom is 0.255 e. The summed E-state index contributed by atoms with van der Waals surface area (Å²) < 4.78 is 20.5. The van der Waals surface area contributed by atoms with Gasteiger partial charge in [0.05, 0.1) is 0 Å². The molecule has 1 saturated heterocycles. The summed E-state index contributed by atoms with van der Waals surface area (Å²) in [6.45, 7) is 8.38. The topological polar surface area (TPSA) is 61.9 Å². The third-order valence-electron chi connectivity index (χ3n) is 8.80. The molecule has 2 bridgehead atoms. The number of benzene rings is 1. The molecule has 1 aromatic carbocycles. The number of fused-ring (bicyclic) bond motifs is 1. The number of piperidine rings is 1. The smallest absolute Gasteiger partial charge is 0.255 e. The molecule has 4 saturated carbocycles. The average molecular weight is 468 g/mol. The summed E-state index contributed by atoms with van der Waals surface area (Å²) in [5.41, 5.74) is 1.64. The first-order valence-electron chi connectivity index (χ1n) is 12.8. The molecule has 3 unspecified atom stereocenters. The molecule has 34 heavy (non-hydrogen) atoms. The van der Waals surface area contributed by atoms with Crippen LogP contribution in [0.2, 0.25) is 0 Å². The highest BCUT2D eigenvalue weighted by Gasteiger charge is 2.69. The first-order valence-corrected chi connectivity index (χ1v) is 12.8. The summed E-state index contributed by atoms with van der Waals surface area (Å²) in [5.74, 6) is 0.551. The predicted molar refractivity (Wildman–Crippen MR) is 126 cm³/mol. The standard InChI is InChI=1S/C27H34FN3O3/c1-3-30(16-26-13-27(28,14-26)15-26)21-5-4-6-23(21)34-19-8-9-20-18(11-19)12-31(25(20)33)22-10-7-17(2)29-24(22)32/h8-9,11,21-23H,2-7,10,12-16H2,1H3,(H,29,32). The van der Waals surface area contributed by atoms with Crippen LogP contribution in [0.5, 0.6) is 5.75 Å². The van der Waals surface area contributed by atoms with Gasteiger partial charge in [-0.2, -0.15) is 0 Å². The van der Waals surface area contributed by atoms with Crippen molar-refractivity contribution in [3.8, 4) is 5.75 Å². The Balaban J connectivity index is 1.13. The lowest BCUT2D eigenvalue weighted by molar-refractivity contribution is -0.224. The van der Waals surface area contributed by atoms with E-state index in [1.165, 1.54) is 0 Å². The Hall–Kier alpha value is -2.41. The fourth-order valence-electron chi connectivity index (χ4n) is 7.26. The molecule has 2 aliphatic heterocycles. The number of nitrogens with zero attached hydrogens (tertiary/aromatic N) is 2. The van der Waals surface area contributed by atoms with Gasteiger partial charge in [-0.25, -0.2) is 4.39 Å². The van der Waals surface area contributed by atoms with Crippen molar-refractivity contribution in [1.82, 2.24) is 15.1 Å². The summed E-state index contributed by atoms with van der Waals surface area (Å²) >= 11 is 0. The van der Waals surface area contributed by atoms with Gasteiger partial charge in [0.15, 0.2) is 0 Å². The largest absolute Gasteiger partial charge is 0.489 e. The van der Waals surface area contributed by atoms with E-state index in [1.54, 1.807) is 4.90 Å². The fraction of sp³-hybridized carbons (Fsp3) is 0.630. The Morgan fingerprint density at radius 3 is 2.74 bits per heavy atom. The second kappa shape index (κ2) is 7.80. The molecular formula is C27H34FN3O3. The second-order valence-electron chi connectivity index (χ2n) is 11.3. The van der Waals surface area contributed by atoms with Crippen LogP contribution in [-0.4, -0.2) is 58.6 Å². The van der Waals surface area contributed by atoms with E-state index >= 15 is 0 Å². The van der Waals surface area contributed by atoms with E-state index < -0.39 is 11.7 Å². The number of amides is 2. The maximum absolute atomic E-state index is 14.0. The SMILES string of the molecule is C=C1CCC(N2Cc3cc(OC4CCCC4N(CC)CC45CC(F)(C4)C5)ccc3C2=O)C(=O)N1. The van der Waals surface area contributed by atoms with Gasteiger partial charge < -0.3 is 15.0 Å². The van der Waals surface area contributed by atoms with Crippen LogP contribution >= 0.6 is 0 Å². The highest BCUT2D eigenvalue weighted by atomic mass is 19.1. The Bertz CT molecular complexity index is 1040. The lowest BCUT2D eigenvalue weighted by Gasteiger charge is -2.67. The fourth-order valence-corrected chi connectivity index (χ4v) is 7.26. The molecule has 0 spiro atoms. The zero-order valence-electron chi connectivity index (χ0n) is 19.9. The van der Waals surface area contributed by atoms with Crippen molar-refractivity contribution in [3.63, 3.8) is 0 Å². The summed E-state index contributed by atoms with van der Waals surface area (Å²) in [5, 5.41) is 2.79. The number of hydrogen-bond acceptors (Lipinski definition) is 4.